The Morgan fingerprint density at radius 1 is 1.25 bits per heavy atom. The van der Waals surface area contributed by atoms with Gasteiger partial charge in [-0.2, -0.15) is 0 Å². The molecule has 2 N–H and O–H groups in total. The van der Waals surface area contributed by atoms with E-state index in [1.165, 1.54) is 0 Å². The van der Waals surface area contributed by atoms with Crippen molar-refractivity contribution in [3.05, 3.63) is 32.6 Å². The Kier molecular flexibility index (Phi) is 2.73. The number of aromatic amines is 2. The third kappa shape index (κ3) is 2.27. The zero-order valence-corrected chi connectivity index (χ0v) is 10.9. The number of hydrogen-bond donors (Lipinski definition) is 2. The van der Waals surface area contributed by atoms with Gasteiger partial charge in [0.1, 0.15) is 0 Å². The molecular weight excluding hydrogens is 421 g/mol. The summed E-state index contributed by atoms with van der Waals surface area (Å²) in [6.07, 6.45) is -0.884. The second-order valence-electron chi connectivity index (χ2n) is 2.54. The van der Waals surface area contributed by atoms with E-state index in [1.807, 2.05) is 4.98 Å². The molecule has 2 heterocycles. The summed E-state index contributed by atoms with van der Waals surface area (Å²) in [4.78, 5) is 47.1. The molecule has 0 saturated carbocycles. The van der Waals surface area contributed by atoms with Crippen LogP contribution in [0.1, 0.15) is 10.5 Å². The van der Waals surface area contributed by atoms with Crippen LogP contribution < -0.4 is 11.2 Å². The van der Waals surface area contributed by atoms with Crippen LogP contribution in [0.5, 0.6) is 0 Å². The number of carbonyl (C=O) groups is 2. The van der Waals surface area contributed by atoms with Gasteiger partial charge in [0.25, 0.3) is 0 Å². The summed E-state index contributed by atoms with van der Waals surface area (Å²) < 4.78 is 13.5. The Morgan fingerprint density at radius 3 is 2.50 bits per heavy atom. The molecular formula is C6H3BiN2O7. The molecule has 0 spiro atoms. The molecule has 1 aliphatic rings. The average molecular weight is 424 g/mol. The van der Waals surface area contributed by atoms with Crippen molar-refractivity contribution in [3.8, 4) is 0 Å². The standard InChI is InChI=1S/C5H4N2O4.CH2O3.Bi/c8-3-1-2(4(9)10)6-5(11)7-3;2-1(3)4;/h1H,(H,9,10)(H2,6,7,8,11);(H2,2,3,4);/q;;+3/p-3. The van der Waals surface area contributed by atoms with E-state index in [-0.39, 0.29) is 5.69 Å². The van der Waals surface area contributed by atoms with Crippen molar-refractivity contribution in [1.82, 2.24) is 9.97 Å². The van der Waals surface area contributed by atoms with E-state index >= 15 is 0 Å². The summed E-state index contributed by atoms with van der Waals surface area (Å²) in [7, 11) is 0. The molecule has 0 aliphatic carbocycles. The normalized spacial score (nSPS) is 14.6. The molecule has 1 fully saturated rings. The number of nitrogens with one attached hydrogen (secondary N) is 2. The van der Waals surface area contributed by atoms with Gasteiger partial charge in [-0.3, -0.25) is 0 Å². The van der Waals surface area contributed by atoms with Crippen molar-refractivity contribution in [1.29, 1.82) is 0 Å². The van der Waals surface area contributed by atoms with Crippen molar-refractivity contribution < 1.29 is 18.0 Å². The molecule has 1 saturated heterocycles. The van der Waals surface area contributed by atoms with Gasteiger partial charge in [-0.05, 0) is 0 Å². The summed E-state index contributed by atoms with van der Waals surface area (Å²) in [6, 6.07) is 0.856. The van der Waals surface area contributed by atoms with Crippen LogP contribution >= 0.6 is 0 Å². The van der Waals surface area contributed by atoms with Gasteiger partial charge < -0.3 is 0 Å². The molecule has 1 aliphatic heterocycles. The van der Waals surface area contributed by atoms with Gasteiger partial charge in [0.2, 0.25) is 0 Å². The van der Waals surface area contributed by atoms with Crippen LogP contribution in [0.15, 0.2) is 15.7 Å². The van der Waals surface area contributed by atoms with E-state index in [0.29, 0.717) is 0 Å². The van der Waals surface area contributed by atoms with E-state index < -0.39 is 46.4 Å². The second kappa shape index (κ2) is 4.05. The van der Waals surface area contributed by atoms with Crippen molar-refractivity contribution in [2.45, 2.75) is 0 Å². The molecule has 0 radical (unpaired) electrons. The van der Waals surface area contributed by atoms with Gasteiger partial charge in [-0.1, -0.05) is 0 Å². The second-order valence-corrected chi connectivity index (χ2v) is 6.40. The van der Waals surface area contributed by atoms with Gasteiger partial charge in [0, 0.05) is 0 Å². The van der Waals surface area contributed by atoms with Crippen LogP contribution in [0.25, 0.3) is 0 Å². The van der Waals surface area contributed by atoms with E-state index in [2.05, 4.69) is 13.4 Å². The molecule has 2 rings (SSSR count). The fraction of sp³-hybridized carbons (Fsp3) is 0. The Morgan fingerprint density at radius 2 is 1.94 bits per heavy atom. The molecule has 9 nitrogen and oxygen atoms in total. The maximum atomic E-state index is 11.3. The van der Waals surface area contributed by atoms with Crippen LogP contribution in [0.4, 0.5) is 4.79 Å². The van der Waals surface area contributed by atoms with E-state index in [9.17, 15) is 19.2 Å². The fourth-order valence-corrected chi connectivity index (χ4v) is 3.06. The van der Waals surface area contributed by atoms with Crippen molar-refractivity contribution in [2.24, 2.45) is 0 Å². The SMILES string of the molecule is O=C1[O][Bi]([O]C(=O)c2cc(=O)[nH]c(=O)[nH]2)[O]1. The number of aromatic nitrogens is 2. The molecule has 0 unspecified atom stereocenters. The van der Waals surface area contributed by atoms with Crippen molar-refractivity contribution >= 4 is 35.2 Å². The first-order valence-electron chi connectivity index (χ1n) is 3.80. The number of carbonyl (C=O) groups excluding carboxylic acids is 2. The molecule has 0 aromatic carbocycles. The molecule has 0 atom stereocenters. The first kappa shape index (κ1) is 10.8. The number of hydrogen-bond acceptors (Lipinski definition) is 7. The monoisotopic (exact) mass is 424 g/mol. The van der Waals surface area contributed by atoms with E-state index in [1.54, 1.807) is 0 Å². The van der Waals surface area contributed by atoms with Crippen molar-refractivity contribution in [3.63, 3.8) is 0 Å². The van der Waals surface area contributed by atoms with Crippen LogP contribution in [-0.2, 0) is 8.44 Å². The van der Waals surface area contributed by atoms with Crippen LogP contribution in [-0.4, -0.2) is 45.2 Å². The Balaban J connectivity index is 2.11. The molecule has 1 aromatic rings. The van der Waals surface area contributed by atoms with Crippen LogP contribution in [0.3, 0.4) is 0 Å². The van der Waals surface area contributed by atoms with Gasteiger partial charge >= 0.3 is 95.8 Å². The van der Waals surface area contributed by atoms with Crippen LogP contribution in [0.2, 0.25) is 0 Å². The third-order valence-electron chi connectivity index (χ3n) is 1.44. The topological polar surface area (TPSA) is 128 Å². The number of H-pyrrole nitrogens is 2. The van der Waals surface area contributed by atoms with E-state index in [4.69, 9.17) is 0 Å². The Hall–Kier alpha value is -1.70. The first-order valence-corrected chi connectivity index (χ1v) is 8.06. The molecule has 0 amide bonds. The Labute approximate surface area is 95.9 Å². The summed E-state index contributed by atoms with van der Waals surface area (Å²) in [6.45, 7) is 0. The summed E-state index contributed by atoms with van der Waals surface area (Å²) in [5.74, 6) is -0.964. The molecule has 1 aromatic heterocycles. The van der Waals surface area contributed by atoms with Crippen LogP contribution in [0, 0.1) is 0 Å². The molecule has 16 heavy (non-hydrogen) atoms. The molecule has 84 valence electrons. The summed E-state index contributed by atoms with van der Waals surface area (Å²) in [5, 5.41) is 0. The minimum absolute atomic E-state index is 0.324. The summed E-state index contributed by atoms with van der Waals surface area (Å²) in [5.41, 5.74) is -1.90. The minimum atomic E-state index is -3.36. The quantitative estimate of drug-likeness (QED) is 0.546. The summed E-state index contributed by atoms with van der Waals surface area (Å²) >= 11 is -3.36. The zero-order chi connectivity index (χ0) is 11.7. The Bertz CT molecular complexity index is 524. The maximum absolute atomic E-state index is 11.3. The van der Waals surface area contributed by atoms with E-state index in [0.717, 1.165) is 6.07 Å². The van der Waals surface area contributed by atoms with Gasteiger partial charge in [0.15, 0.2) is 0 Å². The third-order valence-corrected chi connectivity index (χ3v) is 4.98. The average Bonchev–Trinajstić information content (AvgIpc) is 2.13. The zero-order valence-electron chi connectivity index (χ0n) is 7.38. The predicted octanol–water partition coefficient (Wildman–Crippen LogP) is -1.63. The molecule has 0 bridgehead atoms. The number of rotatable bonds is 2. The fourth-order valence-electron chi connectivity index (χ4n) is 0.861. The van der Waals surface area contributed by atoms with Crippen molar-refractivity contribution in [2.75, 3.05) is 0 Å². The molecule has 10 heteroatoms. The van der Waals surface area contributed by atoms with Gasteiger partial charge in [-0.25, -0.2) is 0 Å². The first-order chi connectivity index (χ1) is 7.54. The van der Waals surface area contributed by atoms with Gasteiger partial charge in [-0.15, -0.1) is 0 Å². The predicted molar refractivity (Wildman–Crippen MR) is 46.4 cm³/mol. The van der Waals surface area contributed by atoms with Gasteiger partial charge in [0.05, 0.1) is 0 Å².